The topological polar surface area (TPSA) is 38.8 Å². The van der Waals surface area contributed by atoms with Gasteiger partial charge in [-0.25, -0.2) is 0 Å². The molecule has 0 amide bonds. The van der Waals surface area contributed by atoms with Crippen LogP contribution >= 0.6 is 0 Å². The predicted molar refractivity (Wildman–Crippen MR) is 128 cm³/mol. The number of rotatable bonds is 10. The molecule has 0 radical (unpaired) electrons. The van der Waals surface area contributed by atoms with E-state index in [0.29, 0.717) is 62.4 Å². The van der Waals surface area contributed by atoms with Crippen LogP contribution in [-0.4, -0.2) is 37.7 Å². The van der Waals surface area contributed by atoms with Crippen LogP contribution in [0.1, 0.15) is 60.3 Å². The first-order chi connectivity index (χ1) is 17.9. The van der Waals surface area contributed by atoms with Crippen LogP contribution in [-0.2, 0) is 28.4 Å². The van der Waals surface area contributed by atoms with E-state index < -0.39 is 23.5 Å². The van der Waals surface area contributed by atoms with Crippen LogP contribution < -0.4 is 4.74 Å². The minimum atomic E-state index is -4.73. The maximum absolute atomic E-state index is 13.4. The van der Waals surface area contributed by atoms with E-state index in [1.54, 1.807) is 4.90 Å². The molecule has 2 fully saturated rings. The molecule has 0 spiro atoms. The third-order valence-corrected chi connectivity index (χ3v) is 7.39. The van der Waals surface area contributed by atoms with E-state index >= 15 is 0 Å². The number of halogens is 6. The average Bonchev–Trinajstić information content (AvgIpc) is 3.60. The van der Waals surface area contributed by atoms with Crippen molar-refractivity contribution in [1.29, 1.82) is 0 Å². The van der Waals surface area contributed by atoms with Gasteiger partial charge in [-0.15, -0.1) is 0 Å². The summed E-state index contributed by atoms with van der Waals surface area (Å²) in [5.41, 5.74) is -1.45. The first-order valence-corrected chi connectivity index (χ1v) is 12.7. The van der Waals surface area contributed by atoms with Crippen molar-refractivity contribution in [3.63, 3.8) is 0 Å². The normalized spacial score (nSPS) is 19.4. The Labute approximate surface area is 217 Å². The standard InChI is InChI=1S/C28H31F6NO3/c1-37-26(36)15-24(19-5-6-19)20-3-2-4-23(14-20)38-12-10-18-9-11-35(16-18)17-21-13-22(27(29,30)31)7-8-25(21)28(32,33)34/h2-4,7-8,13-14,18-19,24H,5-6,9-12,15-17H2,1H3. The fourth-order valence-corrected chi connectivity index (χ4v) is 5.21. The molecule has 0 N–H and O–H groups in total. The molecule has 2 atom stereocenters. The van der Waals surface area contributed by atoms with Crippen LogP contribution in [0.4, 0.5) is 26.3 Å². The summed E-state index contributed by atoms with van der Waals surface area (Å²) in [5, 5.41) is 0. The van der Waals surface area contributed by atoms with Gasteiger partial charge in [0.1, 0.15) is 5.75 Å². The Morgan fingerprint density at radius 2 is 1.79 bits per heavy atom. The lowest BCUT2D eigenvalue weighted by molar-refractivity contribution is -0.142. The van der Waals surface area contributed by atoms with E-state index in [2.05, 4.69) is 0 Å². The van der Waals surface area contributed by atoms with Crippen LogP contribution in [0.3, 0.4) is 0 Å². The number of benzene rings is 2. The first kappa shape index (κ1) is 28.3. The fraction of sp³-hybridized carbons (Fsp3) is 0.536. The van der Waals surface area contributed by atoms with Crippen molar-refractivity contribution in [2.75, 3.05) is 26.8 Å². The molecule has 4 nitrogen and oxygen atoms in total. The largest absolute Gasteiger partial charge is 0.494 e. The number of hydrogen-bond acceptors (Lipinski definition) is 4. The zero-order valence-electron chi connectivity index (χ0n) is 21.1. The Balaban J connectivity index is 1.32. The average molecular weight is 544 g/mol. The maximum atomic E-state index is 13.4. The molecular formula is C28H31F6NO3. The van der Waals surface area contributed by atoms with Crippen molar-refractivity contribution in [3.05, 3.63) is 64.7 Å². The van der Waals surface area contributed by atoms with E-state index in [-0.39, 0.29) is 29.9 Å². The highest BCUT2D eigenvalue weighted by molar-refractivity contribution is 5.70. The summed E-state index contributed by atoms with van der Waals surface area (Å²) in [7, 11) is 1.38. The van der Waals surface area contributed by atoms with E-state index in [9.17, 15) is 31.1 Å². The Morgan fingerprint density at radius 3 is 2.45 bits per heavy atom. The Hall–Kier alpha value is -2.75. The van der Waals surface area contributed by atoms with Crippen molar-refractivity contribution < 1.29 is 40.6 Å². The van der Waals surface area contributed by atoms with Gasteiger partial charge in [0.2, 0.25) is 0 Å². The van der Waals surface area contributed by atoms with Crippen molar-refractivity contribution in [1.82, 2.24) is 4.90 Å². The van der Waals surface area contributed by atoms with Crippen LogP contribution in [0, 0.1) is 11.8 Å². The molecule has 10 heteroatoms. The molecule has 1 heterocycles. The summed E-state index contributed by atoms with van der Waals surface area (Å²) in [4.78, 5) is 13.6. The first-order valence-electron chi connectivity index (χ1n) is 12.7. The highest BCUT2D eigenvalue weighted by Gasteiger charge is 2.38. The zero-order valence-corrected chi connectivity index (χ0v) is 21.1. The lowest BCUT2D eigenvalue weighted by atomic mass is 9.91. The number of nitrogens with zero attached hydrogens (tertiary/aromatic N) is 1. The van der Waals surface area contributed by atoms with Crippen LogP contribution in [0.15, 0.2) is 42.5 Å². The maximum Gasteiger partial charge on any atom is 0.416 e. The summed E-state index contributed by atoms with van der Waals surface area (Å²) in [6.07, 6.45) is -5.55. The summed E-state index contributed by atoms with van der Waals surface area (Å²) in [5.74, 6) is 1.16. The number of likely N-dealkylation sites (tertiary alicyclic amines) is 1. The monoisotopic (exact) mass is 543 g/mol. The number of ether oxygens (including phenoxy) is 2. The third-order valence-electron chi connectivity index (χ3n) is 7.39. The molecule has 0 aromatic heterocycles. The molecule has 1 saturated heterocycles. The fourth-order valence-electron chi connectivity index (χ4n) is 5.21. The number of carbonyl (C=O) groups is 1. The molecule has 1 saturated carbocycles. The van der Waals surface area contributed by atoms with Gasteiger partial charge in [0.15, 0.2) is 0 Å². The lowest BCUT2D eigenvalue weighted by Crippen LogP contribution is -2.23. The number of carbonyl (C=O) groups excluding carboxylic acids is 1. The molecule has 2 unspecified atom stereocenters. The molecule has 2 aliphatic rings. The zero-order chi connectivity index (χ0) is 27.5. The minimum absolute atomic E-state index is 0.0897. The second kappa shape index (κ2) is 11.6. The van der Waals surface area contributed by atoms with E-state index in [1.165, 1.54) is 7.11 Å². The molecule has 1 aliphatic heterocycles. The van der Waals surface area contributed by atoms with E-state index in [1.807, 2.05) is 24.3 Å². The van der Waals surface area contributed by atoms with Gasteiger partial charge in [0, 0.05) is 13.1 Å². The van der Waals surface area contributed by atoms with Gasteiger partial charge in [0.25, 0.3) is 0 Å². The molecule has 2 aromatic carbocycles. The SMILES string of the molecule is COC(=O)CC(c1cccc(OCCC2CCN(Cc3cc(C(F)(F)F)ccc3C(F)(F)F)C2)c1)C1CC1. The quantitative estimate of drug-likeness (QED) is 0.237. The second-order valence-corrected chi connectivity index (χ2v) is 10.2. The summed E-state index contributed by atoms with van der Waals surface area (Å²) >= 11 is 0. The van der Waals surface area contributed by atoms with Gasteiger partial charge in [-0.3, -0.25) is 9.69 Å². The van der Waals surface area contributed by atoms with Crippen molar-refractivity contribution in [2.24, 2.45) is 11.8 Å². The summed E-state index contributed by atoms with van der Waals surface area (Å²) in [6, 6.07) is 9.28. The minimum Gasteiger partial charge on any atom is -0.494 e. The highest BCUT2D eigenvalue weighted by Crippen LogP contribution is 2.45. The lowest BCUT2D eigenvalue weighted by Gasteiger charge is -2.21. The smallest absolute Gasteiger partial charge is 0.416 e. The van der Waals surface area contributed by atoms with Gasteiger partial charge < -0.3 is 9.47 Å². The number of alkyl halides is 6. The Bertz CT molecular complexity index is 1110. The molecule has 2 aromatic rings. The second-order valence-electron chi connectivity index (χ2n) is 10.2. The Morgan fingerprint density at radius 1 is 1.03 bits per heavy atom. The number of esters is 1. The third kappa shape index (κ3) is 7.42. The van der Waals surface area contributed by atoms with E-state index in [4.69, 9.17) is 9.47 Å². The van der Waals surface area contributed by atoms with Crippen molar-refractivity contribution >= 4 is 5.97 Å². The van der Waals surface area contributed by atoms with Gasteiger partial charge in [-0.05, 0) is 91.4 Å². The van der Waals surface area contributed by atoms with Gasteiger partial charge >= 0.3 is 18.3 Å². The van der Waals surface area contributed by atoms with Gasteiger partial charge in [0.05, 0.1) is 31.3 Å². The van der Waals surface area contributed by atoms with E-state index in [0.717, 1.165) is 24.8 Å². The van der Waals surface area contributed by atoms with Crippen LogP contribution in [0.2, 0.25) is 0 Å². The molecule has 4 rings (SSSR count). The van der Waals surface area contributed by atoms with Gasteiger partial charge in [-0.1, -0.05) is 12.1 Å². The number of methoxy groups -OCH3 is 1. The molecular weight excluding hydrogens is 512 g/mol. The van der Waals surface area contributed by atoms with Gasteiger partial charge in [-0.2, -0.15) is 26.3 Å². The summed E-state index contributed by atoms with van der Waals surface area (Å²) < 4.78 is 90.4. The summed E-state index contributed by atoms with van der Waals surface area (Å²) in [6.45, 7) is 1.20. The molecule has 0 bridgehead atoms. The van der Waals surface area contributed by atoms with Crippen molar-refractivity contribution in [2.45, 2.75) is 56.9 Å². The van der Waals surface area contributed by atoms with Crippen LogP contribution in [0.25, 0.3) is 0 Å². The van der Waals surface area contributed by atoms with Crippen LogP contribution in [0.5, 0.6) is 5.75 Å². The highest BCUT2D eigenvalue weighted by atomic mass is 19.4. The Kier molecular flexibility index (Phi) is 8.59. The van der Waals surface area contributed by atoms with Crippen molar-refractivity contribution in [3.8, 4) is 5.75 Å². The predicted octanol–water partition coefficient (Wildman–Crippen LogP) is 7.07. The molecule has 1 aliphatic carbocycles. The molecule has 38 heavy (non-hydrogen) atoms. The molecule has 208 valence electrons. The number of hydrogen-bond donors (Lipinski definition) is 0.